The highest BCUT2D eigenvalue weighted by atomic mass is 16.2. The van der Waals surface area contributed by atoms with Crippen molar-refractivity contribution in [2.24, 2.45) is 5.92 Å². The van der Waals surface area contributed by atoms with Crippen LogP contribution in [0.25, 0.3) is 5.82 Å². The Morgan fingerprint density at radius 2 is 1.96 bits per heavy atom. The number of anilines is 1. The lowest BCUT2D eigenvalue weighted by Crippen LogP contribution is -2.54. The number of hydrogen-bond donors (Lipinski definition) is 1. The van der Waals surface area contributed by atoms with Gasteiger partial charge in [-0.1, -0.05) is 0 Å². The summed E-state index contributed by atoms with van der Waals surface area (Å²) in [6.45, 7) is 1.82. The van der Waals surface area contributed by atoms with Crippen LogP contribution >= 0.6 is 0 Å². The summed E-state index contributed by atoms with van der Waals surface area (Å²) < 4.78 is 1.68. The van der Waals surface area contributed by atoms with Crippen LogP contribution in [-0.2, 0) is 11.3 Å². The van der Waals surface area contributed by atoms with Crippen LogP contribution in [0.2, 0.25) is 0 Å². The lowest BCUT2D eigenvalue weighted by atomic mass is 9.99. The van der Waals surface area contributed by atoms with Crippen molar-refractivity contribution in [1.82, 2.24) is 30.0 Å². The normalized spacial score (nSPS) is 14.2. The van der Waals surface area contributed by atoms with Crippen LogP contribution in [-0.4, -0.2) is 43.7 Å². The lowest BCUT2D eigenvalue weighted by molar-refractivity contribution is -0.125. The Morgan fingerprint density at radius 3 is 2.72 bits per heavy atom. The number of nitrogens with zero attached hydrogens (tertiary/aromatic N) is 6. The summed E-state index contributed by atoms with van der Waals surface area (Å²) >= 11 is 0. The molecule has 1 N–H and O–H groups in total. The smallest absolute Gasteiger partial charge is 0.226 e. The van der Waals surface area contributed by atoms with Gasteiger partial charge >= 0.3 is 0 Å². The van der Waals surface area contributed by atoms with E-state index >= 15 is 0 Å². The second-order valence-corrected chi connectivity index (χ2v) is 5.86. The molecule has 1 fully saturated rings. The number of amides is 1. The fourth-order valence-electron chi connectivity index (χ4n) is 2.71. The highest BCUT2D eigenvalue weighted by Crippen LogP contribution is 2.23. The highest BCUT2D eigenvalue weighted by molar-refractivity contribution is 5.81. The fourth-order valence-corrected chi connectivity index (χ4v) is 2.71. The minimum atomic E-state index is -0.0232. The number of carbonyl (C=O) groups is 1. The molecule has 8 heteroatoms. The van der Waals surface area contributed by atoms with Crippen LogP contribution in [0, 0.1) is 5.92 Å². The first-order chi connectivity index (χ1) is 12.3. The van der Waals surface area contributed by atoms with E-state index in [1.807, 2.05) is 30.5 Å². The monoisotopic (exact) mass is 335 g/mol. The van der Waals surface area contributed by atoms with Crippen LogP contribution in [0.1, 0.15) is 5.56 Å². The van der Waals surface area contributed by atoms with Crippen LogP contribution < -0.4 is 10.2 Å². The molecule has 1 saturated heterocycles. The van der Waals surface area contributed by atoms with E-state index in [0.29, 0.717) is 25.5 Å². The number of nitrogens with one attached hydrogen (secondary N) is 1. The van der Waals surface area contributed by atoms with Crippen molar-refractivity contribution >= 4 is 11.7 Å². The molecule has 4 heterocycles. The van der Waals surface area contributed by atoms with Crippen molar-refractivity contribution in [3.63, 3.8) is 0 Å². The van der Waals surface area contributed by atoms with Crippen LogP contribution in [0.5, 0.6) is 0 Å². The van der Waals surface area contributed by atoms with Gasteiger partial charge in [0.15, 0.2) is 5.82 Å². The first kappa shape index (κ1) is 15.3. The highest BCUT2D eigenvalue weighted by Gasteiger charge is 2.33. The van der Waals surface area contributed by atoms with Crippen molar-refractivity contribution in [3.8, 4) is 5.82 Å². The molecular weight excluding hydrogens is 318 g/mol. The molecule has 4 rings (SSSR count). The van der Waals surface area contributed by atoms with E-state index in [9.17, 15) is 4.79 Å². The predicted octanol–water partition coefficient (Wildman–Crippen LogP) is 0.810. The van der Waals surface area contributed by atoms with Gasteiger partial charge in [0.1, 0.15) is 12.1 Å². The average Bonchev–Trinajstić information content (AvgIpc) is 3.15. The zero-order valence-corrected chi connectivity index (χ0v) is 13.5. The molecule has 126 valence electrons. The van der Waals surface area contributed by atoms with Gasteiger partial charge in [-0.25, -0.2) is 14.6 Å². The Bertz CT molecular complexity index is 844. The van der Waals surface area contributed by atoms with Gasteiger partial charge in [0.2, 0.25) is 5.91 Å². The number of rotatable bonds is 5. The van der Waals surface area contributed by atoms with E-state index in [2.05, 4.69) is 30.3 Å². The molecule has 0 aliphatic carbocycles. The first-order valence-corrected chi connectivity index (χ1v) is 8.03. The van der Waals surface area contributed by atoms with Crippen molar-refractivity contribution in [1.29, 1.82) is 0 Å². The Hall–Kier alpha value is -3.29. The van der Waals surface area contributed by atoms with Gasteiger partial charge in [-0.2, -0.15) is 5.10 Å². The topological polar surface area (TPSA) is 88.8 Å². The Morgan fingerprint density at radius 1 is 1.16 bits per heavy atom. The summed E-state index contributed by atoms with van der Waals surface area (Å²) in [5.41, 5.74) is 1.04. The fraction of sp³-hybridized carbons (Fsp3) is 0.235. The van der Waals surface area contributed by atoms with Gasteiger partial charge in [-0.3, -0.25) is 9.78 Å². The SMILES string of the molecule is O=C(NCc1ccncc1)C1CN(c2cc(-n3cccn3)ncn2)C1. The largest absolute Gasteiger partial charge is 0.355 e. The number of carbonyl (C=O) groups excluding carboxylic acids is 1. The van der Waals surface area contributed by atoms with Crippen LogP contribution in [0.15, 0.2) is 55.4 Å². The second-order valence-electron chi connectivity index (χ2n) is 5.86. The third-order valence-corrected chi connectivity index (χ3v) is 4.17. The molecule has 0 aromatic carbocycles. The maximum atomic E-state index is 12.2. The van der Waals surface area contributed by atoms with Crippen LogP contribution in [0.4, 0.5) is 5.82 Å². The molecule has 25 heavy (non-hydrogen) atoms. The summed E-state index contributed by atoms with van der Waals surface area (Å²) in [5, 5.41) is 7.13. The van der Waals surface area contributed by atoms with Gasteiger partial charge in [0, 0.05) is 50.5 Å². The van der Waals surface area contributed by atoms with E-state index in [0.717, 1.165) is 11.4 Å². The molecule has 0 radical (unpaired) electrons. The van der Waals surface area contributed by atoms with Gasteiger partial charge in [0.25, 0.3) is 0 Å². The Balaban J connectivity index is 1.33. The molecule has 3 aromatic rings. The summed E-state index contributed by atoms with van der Waals surface area (Å²) in [5.74, 6) is 1.55. The average molecular weight is 335 g/mol. The van der Waals surface area contributed by atoms with Gasteiger partial charge in [-0.15, -0.1) is 0 Å². The molecule has 1 aliphatic rings. The van der Waals surface area contributed by atoms with Gasteiger partial charge in [0.05, 0.1) is 5.92 Å². The molecule has 0 unspecified atom stereocenters. The van der Waals surface area contributed by atoms with E-state index in [1.54, 1.807) is 23.3 Å². The standard InChI is InChI=1S/C17H17N7O/c25-17(19-9-13-2-5-18-6-3-13)14-10-23(11-14)15-8-16(21-12-20-15)24-7-1-4-22-24/h1-8,12,14H,9-11H2,(H,19,25). The van der Waals surface area contributed by atoms with E-state index < -0.39 is 0 Å². The third-order valence-electron chi connectivity index (χ3n) is 4.17. The summed E-state index contributed by atoms with van der Waals surface area (Å²) in [6.07, 6.45) is 8.49. The maximum Gasteiger partial charge on any atom is 0.226 e. The minimum absolute atomic E-state index is 0.0232. The molecular formula is C17H17N7O. The summed E-state index contributed by atoms with van der Waals surface area (Å²) in [6, 6.07) is 7.50. The van der Waals surface area contributed by atoms with Crippen molar-refractivity contribution in [3.05, 3.63) is 60.9 Å². The van der Waals surface area contributed by atoms with Gasteiger partial charge < -0.3 is 10.2 Å². The van der Waals surface area contributed by atoms with Gasteiger partial charge in [-0.05, 0) is 23.8 Å². The maximum absolute atomic E-state index is 12.2. The number of pyridine rings is 1. The van der Waals surface area contributed by atoms with E-state index in [1.165, 1.54) is 6.33 Å². The zero-order valence-electron chi connectivity index (χ0n) is 13.5. The predicted molar refractivity (Wildman–Crippen MR) is 90.9 cm³/mol. The molecule has 0 bridgehead atoms. The van der Waals surface area contributed by atoms with E-state index in [-0.39, 0.29) is 11.8 Å². The first-order valence-electron chi connectivity index (χ1n) is 8.03. The quantitative estimate of drug-likeness (QED) is 0.742. The Kier molecular flexibility index (Phi) is 4.07. The minimum Gasteiger partial charge on any atom is -0.355 e. The number of hydrogen-bond acceptors (Lipinski definition) is 6. The van der Waals surface area contributed by atoms with Crippen molar-refractivity contribution in [2.75, 3.05) is 18.0 Å². The van der Waals surface area contributed by atoms with Crippen LogP contribution in [0.3, 0.4) is 0 Å². The molecule has 1 amide bonds. The number of aromatic nitrogens is 5. The zero-order chi connectivity index (χ0) is 17.1. The molecule has 1 aliphatic heterocycles. The van der Waals surface area contributed by atoms with Crippen molar-refractivity contribution in [2.45, 2.75) is 6.54 Å². The lowest BCUT2D eigenvalue weighted by Gasteiger charge is -2.39. The second kappa shape index (κ2) is 6.68. The molecule has 0 spiro atoms. The molecule has 3 aromatic heterocycles. The third kappa shape index (κ3) is 3.32. The Labute approximate surface area is 144 Å². The molecule has 0 saturated carbocycles. The van der Waals surface area contributed by atoms with Crippen molar-refractivity contribution < 1.29 is 4.79 Å². The summed E-state index contributed by atoms with van der Waals surface area (Å²) in [7, 11) is 0. The summed E-state index contributed by atoms with van der Waals surface area (Å²) in [4.78, 5) is 26.8. The van der Waals surface area contributed by atoms with E-state index in [4.69, 9.17) is 0 Å². The molecule has 8 nitrogen and oxygen atoms in total. The molecule has 0 atom stereocenters.